The van der Waals surface area contributed by atoms with E-state index in [2.05, 4.69) is 18.7 Å². The van der Waals surface area contributed by atoms with E-state index in [0.29, 0.717) is 5.41 Å². The first-order valence-electron chi connectivity index (χ1n) is 7.52. The van der Waals surface area contributed by atoms with Crippen LogP contribution in [0.4, 0.5) is 0 Å². The van der Waals surface area contributed by atoms with Crippen molar-refractivity contribution in [1.29, 1.82) is 0 Å². The van der Waals surface area contributed by atoms with Gasteiger partial charge in [0.1, 0.15) is 0 Å². The molecule has 0 aliphatic carbocycles. The fourth-order valence-corrected chi connectivity index (χ4v) is 2.85. The second kappa shape index (κ2) is 6.53. The van der Waals surface area contributed by atoms with Gasteiger partial charge < -0.3 is 10.0 Å². The molecule has 1 N–H and O–H groups in total. The first-order valence-corrected chi connectivity index (χ1v) is 7.52. The maximum absolute atomic E-state index is 10.2. The zero-order valence-electron chi connectivity index (χ0n) is 12.3. The predicted octanol–water partition coefficient (Wildman–Crippen LogP) is 3.62. The third kappa shape index (κ3) is 4.63. The Morgan fingerprint density at radius 2 is 1.89 bits per heavy atom. The maximum atomic E-state index is 10.2. The van der Waals surface area contributed by atoms with E-state index in [1.54, 1.807) is 0 Å². The van der Waals surface area contributed by atoms with Gasteiger partial charge in [-0.25, -0.2) is 0 Å². The molecule has 2 rings (SSSR count). The molecule has 1 fully saturated rings. The van der Waals surface area contributed by atoms with Gasteiger partial charge in [-0.05, 0) is 49.8 Å². The van der Waals surface area contributed by atoms with Crippen molar-refractivity contribution in [2.45, 2.75) is 45.6 Å². The predicted molar refractivity (Wildman–Crippen MR) is 80.1 cm³/mol. The van der Waals surface area contributed by atoms with Gasteiger partial charge in [-0.3, -0.25) is 0 Å². The van der Waals surface area contributed by atoms with Crippen molar-refractivity contribution < 1.29 is 5.11 Å². The monoisotopic (exact) mass is 261 g/mol. The van der Waals surface area contributed by atoms with E-state index in [-0.39, 0.29) is 6.10 Å². The number of benzene rings is 1. The minimum Gasteiger partial charge on any atom is -0.388 e. The fraction of sp³-hybridized carbons (Fsp3) is 0.647. The number of rotatable bonds is 4. The summed E-state index contributed by atoms with van der Waals surface area (Å²) in [7, 11) is 0. The van der Waals surface area contributed by atoms with Crippen LogP contribution in [0.2, 0.25) is 0 Å². The summed E-state index contributed by atoms with van der Waals surface area (Å²) in [5.74, 6) is 0. The Hall–Kier alpha value is -0.860. The molecule has 1 aliphatic rings. The van der Waals surface area contributed by atoms with Crippen molar-refractivity contribution in [3.05, 3.63) is 35.9 Å². The minimum atomic E-state index is -0.322. The van der Waals surface area contributed by atoms with Crippen molar-refractivity contribution in [3.63, 3.8) is 0 Å². The number of nitrogens with zero attached hydrogens (tertiary/aromatic N) is 1. The van der Waals surface area contributed by atoms with E-state index in [0.717, 1.165) is 18.5 Å². The molecule has 1 atom stereocenters. The third-order valence-corrected chi connectivity index (χ3v) is 4.34. The van der Waals surface area contributed by atoms with E-state index in [1.807, 2.05) is 30.3 Å². The second-order valence-electron chi connectivity index (χ2n) is 6.57. The molecule has 1 saturated heterocycles. The Labute approximate surface area is 117 Å². The summed E-state index contributed by atoms with van der Waals surface area (Å²) in [4.78, 5) is 2.51. The SMILES string of the molecule is CC1(C)CCCN(CCC(O)c2ccccc2)CC1. The standard InChI is InChI=1S/C17H27NO/c1-17(2)10-6-12-18(14-11-17)13-9-16(19)15-7-4-3-5-8-15/h3-5,7-8,16,19H,6,9-14H2,1-2H3. The van der Waals surface area contributed by atoms with Crippen LogP contribution >= 0.6 is 0 Å². The number of aliphatic hydroxyl groups is 1. The van der Waals surface area contributed by atoms with Crippen LogP contribution in [0.25, 0.3) is 0 Å². The molecule has 0 amide bonds. The summed E-state index contributed by atoms with van der Waals surface area (Å²) >= 11 is 0. The van der Waals surface area contributed by atoms with E-state index < -0.39 is 0 Å². The van der Waals surface area contributed by atoms with Crippen LogP contribution in [-0.2, 0) is 0 Å². The summed E-state index contributed by atoms with van der Waals surface area (Å²) in [5.41, 5.74) is 1.53. The first kappa shape index (κ1) is 14.5. The molecule has 1 aromatic rings. The smallest absolute Gasteiger partial charge is 0.0802 e. The second-order valence-corrected chi connectivity index (χ2v) is 6.57. The van der Waals surface area contributed by atoms with Gasteiger partial charge in [0, 0.05) is 6.54 Å². The van der Waals surface area contributed by atoms with Crippen LogP contribution in [-0.4, -0.2) is 29.6 Å². The largest absolute Gasteiger partial charge is 0.388 e. The van der Waals surface area contributed by atoms with Gasteiger partial charge in [0.15, 0.2) is 0 Å². The number of hydrogen-bond donors (Lipinski definition) is 1. The van der Waals surface area contributed by atoms with Crippen LogP contribution in [0.5, 0.6) is 0 Å². The van der Waals surface area contributed by atoms with Crippen molar-refractivity contribution >= 4 is 0 Å². The molecular weight excluding hydrogens is 234 g/mol. The average molecular weight is 261 g/mol. The van der Waals surface area contributed by atoms with Crippen molar-refractivity contribution in [2.75, 3.05) is 19.6 Å². The van der Waals surface area contributed by atoms with Crippen molar-refractivity contribution in [2.24, 2.45) is 5.41 Å². The summed E-state index contributed by atoms with van der Waals surface area (Å²) in [6.07, 6.45) is 4.40. The van der Waals surface area contributed by atoms with E-state index in [9.17, 15) is 5.11 Å². The lowest BCUT2D eigenvalue weighted by molar-refractivity contribution is 0.142. The maximum Gasteiger partial charge on any atom is 0.0802 e. The number of likely N-dealkylation sites (tertiary alicyclic amines) is 1. The molecule has 2 heteroatoms. The quantitative estimate of drug-likeness (QED) is 0.895. The normalized spacial score (nSPS) is 21.8. The van der Waals surface area contributed by atoms with Gasteiger partial charge >= 0.3 is 0 Å². The molecule has 106 valence electrons. The Morgan fingerprint density at radius 3 is 2.63 bits per heavy atom. The van der Waals surface area contributed by atoms with E-state index >= 15 is 0 Å². The van der Waals surface area contributed by atoms with Crippen LogP contribution in [0.1, 0.15) is 51.2 Å². The van der Waals surface area contributed by atoms with Crippen LogP contribution in [0, 0.1) is 5.41 Å². The molecule has 19 heavy (non-hydrogen) atoms. The van der Waals surface area contributed by atoms with Crippen molar-refractivity contribution in [1.82, 2.24) is 4.90 Å². The highest BCUT2D eigenvalue weighted by Gasteiger charge is 2.23. The Morgan fingerprint density at radius 1 is 1.16 bits per heavy atom. The molecule has 0 bridgehead atoms. The van der Waals surface area contributed by atoms with Gasteiger partial charge in [0.05, 0.1) is 6.10 Å². The number of aliphatic hydroxyl groups excluding tert-OH is 1. The lowest BCUT2D eigenvalue weighted by Crippen LogP contribution is -2.27. The summed E-state index contributed by atoms with van der Waals surface area (Å²) < 4.78 is 0. The summed E-state index contributed by atoms with van der Waals surface area (Å²) in [6, 6.07) is 10.00. The summed E-state index contributed by atoms with van der Waals surface area (Å²) in [6.45, 7) is 8.11. The van der Waals surface area contributed by atoms with Crippen LogP contribution in [0.3, 0.4) is 0 Å². The molecule has 0 aromatic heterocycles. The molecule has 1 aliphatic heterocycles. The highest BCUT2D eigenvalue weighted by atomic mass is 16.3. The molecule has 0 saturated carbocycles. The van der Waals surface area contributed by atoms with Gasteiger partial charge in [-0.15, -0.1) is 0 Å². The Kier molecular flexibility index (Phi) is 5.00. The molecule has 2 nitrogen and oxygen atoms in total. The topological polar surface area (TPSA) is 23.5 Å². The molecule has 1 aromatic carbocycles. The molecule has 1 heterocycles. The number of hydrogen-bond acceptors (Lipinski definition) is 2. The highest BCUT2D eigenvalue weighted by Crippen LogP contribution is 2.30. The Balaban J connectivity index is 1.79. The highest BCUT2D eigenvalue weighted by molar-refractivity contribution is 5.17. The van der Waals surface area contributed by atoms with E-state index in [1.165, 1.54) is 32.4 Å². The van der Waals surface area contributed by atoms with Crippen LogP contribution < -0.4 is 0 Å². The van der Waals surface area contributed by atoms with Gasteiger partial charge in [-0.2, -0.15) is 0 Å². The molecule has 0 spiro atoms. The summed E-state index contributed by atoms with van der Waals surface area (Å²) in [5, 5.41) is 10.2. The first-order chi connectivity index (χ1) is 9.07. The molecular formula is C17H27NO. The zero-order valence-corrected chi connectivity index (χ0v) is 12.3. The molecule has 0 radical (unpaired) electrons. The van der Waals surface area contributed by atoms with Crippen molar-refractivity contribution in [3.8, 4) is 0 Å². The van der Waals surface area contributed by atoms with Gasteiger partial charge in [0.25, 0.3) is 0 Å². The lowest BCUT2D eigenvalue weighted by Gasteiger charge is -2.24. The van der Waals surface area contributed by atoms with E-state index in [4.69, 9.17) is 0 Å². The fourth-order valence-electron chi connectivity index (χ4n) is 2.85. The Bertz CT molecular complexity index is 374. The minimum absolute atomic E-state index is 0.322. The zero-order chi connectivity index (χ0) is 13.7. The van der Waals surface area contributed by atoms with Gasteiger partial charge in [-0.1, -0.05) is 44.2 Å². The lowest BCUT2D eigenvalue weighted by atomic mass is 9.85. The average Bonchev–Trinajstić information content (AvgIpc) is 2.58. The third-order valence-electron chi connectivity index (χ3n) is 4.34. The molecule has 1 unspecified atom stereocenters. The van der Waals surface area contributed by atoms with Crippen LogP contribution in [0.15, 0.2) is 30.3 Å². The van der Waals surface area contributed by atoms with Gasteiger partial charge in [0.2, 0.25) is 0 Å².